The van der Waals surface area contributed by atoms with Gasteiger partial charge in [-0.1, -0.05) is 158 Å². The SMILES string of the molecule is CCCCCCCCCCCCCCCCCCCOC(=O)[C@H](Cc1ccccc1)NP(=O)(Oc1ccccc1)Oc1c(F)c(F)c(F)c(F)c1F. The minimum Gasteiger partial charge on any atom is -0.465 e. The van der Waals surface area contributed by atoms with Gasteiger partial charge in [0.05, 0.1) is 6.61 Å². The third-order valence-corrected chi connectivity index (χ3v) is 10.2. The van der Waals surface area contributed by atoms with Crippen LogP contribution in [0.1, 0.15) is 122 Å². The molecule has 6 nitrogen and oxygen atoms in total. The van der Waals surface area contributed by atoms with Crippen molar-refractivity contribution in [3.05, 3.63) is 95.3 Å². The molecule has 52 heavy (non-hydrogen) atoms. The Morgan fingerprint density at radius 2 is 1.02 bits per heavy atom. The zero-order valence-electron chi connectivity index (χ0n) is 30.2. The zero-order chi connectivity index (χ0) is 37.6. The van der Waals surface area contributed by atoms with Crippen LogP contribution in [-0.2, 0) is 20.5 Å². The normalized spacial score (nSPS) is 13.0. The summed E-state index contributed by atoms with van der Waals surface area (Å²) in [5.41, 5.74) is 0.595. The Hall–Kier alpha value is -3.43. The first-order chi connectivity index (χ1) is 25.1. The van der Waals surface area contributed by atoms with Crippen LogP contribution in [0.3, 0.4) is 0 Å². The monoisotopic (exact) mass is 753 g/mol. The van der Waals surface area contributed by atoms with E-state index in [1.165, 1.54) is 101 Å². The predicted molar refractivity (Wildman–Crippen MR) is 194 cm³/mol. The van der Waals surface area contributed by atoms with Crippen molar-refractivity contribution in [2.45, 2.75) is 129 Å². The molecule has 0 fully saturated rings. The van der Waals surface area contributed by atoms with Gasteiger partial charge in [-0.25, -0.2) is 17.7 Å². The second-order valence-corrected chi connectivity index (χ2v) is 14.7. The molecular weight excluding hydrogens is 700 g/mol. The van der Waals surface area contributed by atoms with Gasteiger partial charge in [-0.15, -0.1) is 0 Å². The topological polar surface area (TPSA) is 73.9 Å². The van der Waals surface area contributed by atoms with Crippen molar-refractivity contribution in [3.63, 3.8) is 0 Å². The van der Waals surface area contributed by atoms with Crippen molar-refractivity contribution in [3.8, 4) is 11.5 Å². The molecule has 1 unspecified atom stereocenters. The van der Waals surface area contributed by atoms with E-state index in [9.17, 15) is 31.3 Å². The second-order valence-electron chi connectivity index (χ2n) is 13.1. The smallest absolute Gasteiger partial charge is 0.465 e. The minimum atomic E-state index is -5.08. The van der Waals surface area contributed by atoms with Crippen LogP contribution in [0.25, 0.3) is 0 Å². The number of hydrogen-bond donors (Lipinski definition) is 1. The van der Waals surface area contributed by atoms with Gasteiger partial charge in [0.1, 0.15) is 11.8 Å². The van der Waals surface area contributed by atoms with E-state index < -0.39 is 54.6 Å². The molecule has 3 aromatic rings. The van der Waals surface area contributed by atoms with E-state index in [0.29, 0.717) is 12.0 Å². The quantitative estimate of drug-likeness (QED) is 0.0209. The van der Waals surface area contributed by atoms with Crippen molar-refractivity contribution in [2.75, 3.05) is 6.61 Å². The van der Waals surface area contributed by atoms with Gasteiger partial charge >= 0.3 is 13.7 Å². The van der Waals surface area contributed by atoms with Crippen molar-refractivity contribution in [1.82, 2.24) is 5.09 Å². The Kier molecular flexibility index (Phi) is 19.8. The molecule has 1 N–H and O–H groups in total. The van der Waals surface area contributed by atoms with E-state index in [0.717, 1.165) is 25.7 Å². The van der Waals surface area contributed by atoms with E-state index in [1.54, 1.807) is 36.4 Å². The Labute approximate surface area is 305 Å². The predicted octanol–water partition coefficient (Wildman–Crippen LogP) is 12.3. The standard InChI is InChI=1S/C40H53F5NO5P/c1-2-3-4-5-6-7-8-9-10-11-12-13-14-15-16-17-24-29-49-40(47)33(30-31-25-20-18-21-26-31)46-52(48,50-32-27-22-19-23-28-32)51-39-37(44)35(42)34(41)36(43)38(39)45/h18-23,25-28,33H,2-17,24,29-30H2,1H3,(H,46,48)/t33-,52?/m0/s1. The summed E-state index contributed by atoms with van der Waals surface area (Å²) in [7, 11) is -5.08. The van der Waals surface area contributed by atoms with E-state index in [4.69, 9.17) is 13.8 Å². The number of carbonyl (C=O) groups is 1. The third-order valence-electron chi connectivity index (χ3n) is 8.72. The molecule has 0 heterocycles. The summed E-state index contributed by atoms with van der Waals surface area (Å²) in [4.78, 5) is 13.4. The number of ether oxygens (including phenoxy) is 1. The van der Waals surface area contributed by atoms with Gasteiger partial charge in [0.2, 0.25) is 34.8 Å². The number of benzene rings is 3. The molecule has 0 saturated heterocycles. The summed E-state index contributed by atoms with van der Waals surface area (Å²) in [5, 5.41) is 2.36. The summed E-state index contributed by atoms with van der Waals surface area (Å²) >= 11 is 0. The number of hydrogen-bond acceptors (Lipinski definition) is 5. The molecular formula is C40H53F5NO5P. The summed E-state index contributed by atoms with van der Waals surface area (Å²) in [5.74, 6) is -14.5. The van der Waals surface area contributed by atoms with Crippen LogP contribution in [0.5, 0.6) is 11.5 Å². The molecule has 0 spiro atoms. The molecule has 0 saturated carbocycles. The molecule has 0 aliphatic carbocycles. The first kappa shape index (κ1) is 43.0. The summed E-state index contributed by atoms with van der Waals surface area (Å²) in [6.07, 6.45) is 20.3. The average molecular weight is 754 g/mol. The van der Waals surface area contributed by atoms with Crippen LogP contribution in [0.2, 0.25) is 0 Å². The van der Waals surface area contributed by atoms with Gasteiger partial charge in [0.15, 0.2) is 0 Å². The molecule has 0 bridgehead atoms. The van der Waals surface area contributed by atoms with Crippen LogP contribution in [0, 0.1) is 29.1 Å². The Morgan fingerprint density at radius 3 is 1.50 bits per heavy atom. The van der Waals surface area contributed by atoms with Gasteiger partial charge in [0, 0.05) is 0 Å². The molecule has 0 aliphatic heterocycles. The van der Waals surface area contributed by atoms with Crippen LogP contribution in [-0.4, -0.2) is 18.6 Å². The largest absolute Gasteiger partial charge is 0.513 e. The number of para-hydroxylation sites is 1. The molecule has 0 radical (unpaired) electrons. The van der Waals surface area contributed by atoms with Gasteiger partial charge < -0.3 is 13.8 Å². The van der Waals surface area contributed by atoms with Crippen molar-refractivity contribution < 1.29 is 45.1 Å². The maximum atomic E-state index is 14.6. The fourth-order valence-electron chi connectivity index (χ4n) is 5.80. The number of unbranched alkanes of at least 4 members (excludes halogenated alkanes) is 16. The van der Waals surface area contributed by atoms with Gasteiger partial charge in [-0.2, -0.15) is 13.9 Å². The van der Waals surface area contributed by atoms with E-state index in [2.05, 4.69) is 12.0 Å². The van der Waals surface area contributed by atoms with Gasteiger partial charge in [-0.05, 0) is 30.5 Å². The molecule has 2 atom stereocenters. The first-order valence-corrected chi connectivity index (χ1v) is 20.2. The van der Waals surface area contributed by atoms with Gasteiger partial charge in [-0.3, -0.25) is 4.79 Å². The number of esters is 1. The fourth-order valence-corrected chi connectivity index (χ4v) is 7.32. The highest BCUT2D eigenvalue weighted by atomic mass is 31.2. The summed E-state index contributed by atoms with van der Waals surface area (Å²) < 4.78 is 101. The number of halogens is 5. The fraction of sp³-hybridized carbons (Fsp3) is 0.525. The van der Waals surface area contributed by atoms with Crippen molar-refractivity contribution in [1.29, 1.82) is 0 Å². The lowest BCUT2D eigenvalue weighted by Crippen LogP contribution is -2.40. The molecule has 0 aromatic heterocycles. The minimum absolute atomic E-state index is 0.0623. The Balaban J connectivity index is 1.51. The lowest BCUT2D eigenvalue weighted by molar-refractivity contribution is -0.145. The lowest BCUT2D eigenvalue weighted by atomic mass is 10.0. The van der Waals surface area contributed by atoms with Crippen LogP contribution < -0.4 is 14.1 Å². The highest BCUT2D eigenvalue weighted by Crippen LogP contribution is 2.48. The Bertz CT molecular complexity index is 1490. The maximum Gasteiger partial charge on any atom is 0.513 e. The number of nitrogens with one attached hydrogen (secondary N) is 1. The number of rotatable bonds is 27. The summed E-state index contributed by atoms with van der Waals surface area (Å²) in [6.45, 7) is 2.30. The molecule has 3 rings (SSSR count). The summed E-state index contributed by atoms with van der Waals surface area (Å²) in [6, 6.07) is 14.3. The maximum absolute atomic E-state index is 14.6. The van der Waals surface area contributed by atoms with E-state index >= 15 is 0 Å². The molecule has 288 valence electrons. The van der Waals surface area contributed by atoms with Crippen LogP contribution in [0.4, 0.5) is 22.0 Å². The lowest BCUT2D eigenvalue weighted by Gasteiger charge is -2.25. The first-order valence-electron chi connectivity index (χ1n) is 18.7. The Morgan fingerprint density at radius 1 is 0.596 bits per heavy atom. The average Bonchev–Trinajstić information content (AvgIpc) is 3.15. The zero-order valence-corrected chi connectivity index (χ0v) is 31.1. The molecule has 0 aliphatic rings. The van der Waals surface area contributed by atoms with Crippen molar-refractivity contribution >= 4 is 13.7 Å². The third kappa shape index (κ3) is 15.3. The van der Waals surface area contributed by atoms with Crippen molar-refractivity contribution in [2.24, 2.45) is 0 Å². The second kappa shape index (κ2) is 24.0. The highest BCUT2D eigenvalue weighted by molar-refractivity contribution is 7.52. The van der Waals surface area contributed by atoms with E-state index in [-0.39, 0.29) is 18.8 Å². The van der Waals surface area contributed by atoms with Crippen LogP contribution in [0.15, 0.2) is 60.7 Å². The molecule has 3 aromatic carbocycles. The molecule has 12 heteroatoms. The highest BCUT2D eigenvalue weighted by Gasteiger charge is 2.39. The molecule has 0 amide bonds. The van der Waals surface area contributed by atoms with E-state index in [1.807, 2.05) is 0 Å². The van der Waals surface area contributed by atoms with Crippen LogP contribution >= 0.6 is 7.75 Å². The van der Waals surface area contributed by atoms with Gasteiger partial charge in [0.25, 0.3) is 0 Å². The number of carbonyl (C=O) groups excluding carboxylic acids is 1.